The minimum Gasteiger partial charge on any atom is -0.381 e. The van der Waals surface area contributed by atoms with Crippen LogP contribution in [-0.4, -0.2) is 32.1 Å². The van der Waals surface area contributed by atoms with Crippen molar-refractivity contribution in [1.29, 1.82) is 0 Å². The van der Waals surface area contributed by atoms with Crippen molar-refractivity contribution in [2.75, 3.05) is 18.4 Å². The summed E-state index contributed by atoms with van der Waals surface area (Å²) in [5.74, 6) is 0. The molecule has 0 N–H and O–H groups in total. The van der Waals surface area contributed by atoms with Crippen molar-refractivity contribution in [2.45, 2.75) is 18.1 Å². The zero-order valence-electron chi connectivity index (χ0n) is 6.12. The van der Waals surface area contributed by atoms with Gasteiger partial charge in [0.2, 0.25) is 0 Å². The van der Waals surface area contributed by atoms with Crippen LogP contribution in [0.4, 0.5) is 0 Å². The fourth-order valence-electron chi connectivity index (χ4n) is 1.12. The molecule has 0 unspecified atom stereocenters. The van der Waals surface area contributed by atoms with E-state index in [4.69, 9.17) is 16.3 Å². The van der Waals surface area contributed by atoms with Crippen molar-refractivity contribution in [1.82, 2.24) is 0 Å². The van der Waals surface area contributed by atoms with Crippen LogP contribution < -0.4 is 0 Å². The lowest BCUT2D eigenvalue weighted by atomic mass is 10.2. The monoisotopic (exact) mass is 198 g/mol. The zero-order chi connectivity index (χ0) is 8.32. The highest BCUT2D eigenvalue weighted by Crippen LogP contribution is 2.16. The van der Waals surface area contributed by atoms with Crippen LogP contribution in [0.5, 0.6) is 0 Å². The first-order valence-electron chi connectivity index (χ1n) is 3.52. The van der Waals surface area contributed by atoms with Gasteiger partial charge in [0, 0.05) is 13.2 Å². The van der Waals surface area contributed by atoms with Crippen molar-refractivity contribution < 1.29 is 13.2 Å². The highest BCUT2D eigenvalue weighted by Gasteiger charge is 2.26. The Morgan fingerprint density at radius 3 is 2.36 bits per heavy atom. The fourth-order valence-corrected chi connectivity index (χ4v) is 2.75. The van der Waals surface area contributed by atoms with E-state index in [0.29, 0.717) is 26.1 Å². The molecule has 0 radical (unpaired) electrons. The van der Waals surface area contributed by atoms with Gasteiger partial charge >= 0.3 is 0 Å². The van der Waals surface area contributed by atoms with Gasteiger partial charge in [0.1, 0.15) is 5.21 Å². The molecule has 0 aromatic carbocycles. The van der Waals surface area contributed by atoms with Gasteiger partial charge < -0.3 is 4.74 Å². The first kappa shape index (κ1) is 9.29. The third kappa shape index (κ3) is 2.32. The van der Waals surface area contributed by atoms with Crippen molar-refractivity contribution in [3.8, 4) is 0 Å². The van der Waals surface area contributed by atoms with Crippen LogP contribution in [0.2, 0.25) is 0 Å². The van der Waals surface area contributed by atoms with Gasteiger partial charge in [0.25, 0.3) is 0 Å². The Labute approximate surface area is 71.6 Å². The number of halogens is 1. The molecule has 0 aliphatic carbocycles. The summed E-state index contributed by atoms with van der Waals surface area (Å²) in [6.45, 7) is 1.08. The van der Waals surface area contributed by atoms with Gasteiger partial charge in [0.15, 0.2) is 9.84 Å². The molecule has 1 heterocycles. The second kappa shape index (κ2) is 3.74. The average molecular weight is 199 g/mol. The Morgan fingerprint density at radius 2 is 1.91 bits per heavy atom. The van der Waals surface area contributed by atoms with Gasteiger partial charge in [-0.05, 0) is 12.8 Å². The maximum absolute atomic E-state index is 11.2. The van der Waals surface area contributed by atoms with E-state index >= 15 is 0 Å². The van der Waals surface area contributed by atoms with E-state index in [-0.39, 0.29) is 10.5 Å². The average Bonchev–Trinajstić information content (AvgIpc) is 2.06. The molecule has 1 fully saturated rings. The molecule has 0 bridgehead atoms. The molecule has 3 nitrogen and oxygen atoms in total. The Balaban J connectivity index is 2.58. The van der Waals surface area contributed by atoms with Crippen LogP contribution in [0.25, 0.3) is 0 Å². The quantitative estimate of drug-likeness (QED) is 0.616. The molecular weight excluding hydrogens is 188 g/mol. The van der Waals surface area contributed by atoms with Gasteiger partial charge in [-0.2, -0.15) is 0 Å². The Hall–Kier alpha value is 0.200. The van der Waals surface area contributed by atoms with Crippen LogP contribution in [0, 0.1) is 0 Å². The molecule has 0 spiro atoms. The standard InChI is InChI=1S/C6H11ClO3S/c7-5-11(8,9)6-1-3-10-4-2-6/h6H,1-5H2. The third-order valence-corrected chi connectivity index (χ3v) is 4.53. The predicted octanol–water partition coefficient (Wildman–Crippen LogP) is 0.777. The first-order valence-corrected chi connectivity index (χ1v) is 5.77. The molecule has 11 heavy (non-hydrogen) atoms. The predicted molar refractivity (Wildman–Crippen MR) is 43.5 cm³/mol. The first-order chi connectivity index (χ1) is 5.17. The lowest BCUT2D eigenvalue weighted by molar-refractivity contribution is 0.0984. The van der Waals surface area contributed by atoms with Gasteiger partial charge in [-0.3, -0.25) is 0 Å². The number of rotatable bonds is 2. The van der Waals surface area contributed by atoms with Crippen molar-refractivity contribution in [2.24, 2.45) is 0 Å². The molecular formula is C6H11ClO3S. The Bertz CT molecular complexity index is 206. The van der Waals surface area contributed by atoms with Crippen LogP contribution >= 0.6 is 11.6 Å². The summed E-state index contributed by atoms with van der Waals surface area (Å²) in [4.78, 5) is 0. The smallest absolute Gasteiger partial charge is 0.167 e. The number of hydrogen-bond donors (Lipinski definition) is 0. The van der Waals surface area contributed by atoms with Gasteiger partial charge in [-0.25, -0.2) is 8.42 Å². The Kier molecular flexibility index (Phi) is 3.16. The lowest BCUT2D eigenvalue weighted by Crippen LogP contribution is -2.29. The zero-order valence-corrected chi connectivity index (χ0v) is 7.70. The molecule has 1 saturated heterocycles. The van der Waals surface area contributed by atoms with Gasteiger partial charge in [0.05, 0.1) is 5.25 Å². The van der Waals surface area contributed by atoms with Crippen LogP contribution in [-0.2, 0) is 14.6 Å². The van der Waals surface area contributed by atoms with E-state index in [0.717, 1.165) is 0 Å². The maximum atomic E-state index is 11.2. The van der Waals surface area contributed by atoms with Gasteiger partial charge in [-0.15, -0.1) is 11.6 Å². The topological polar surface area (TPSA) is 43.4 Å². The molecule has 0 saturated carbocycles. The number of sulfone groups is 1. The van der Waals surface area contributed by atoms with Crippen LogP contribution in [0.3, 0.4) is 0 Å². The highest BCUT2D eigenvalue weighted by molar-refractivity contribution is 7.93. The fraction of sp³-hybridized carbons (Fsp3) is 1.00. The lowest BCUT2D eigenvalue weighted by Gasteiger charge is -2.20. The summed E-state index contributed by atoms with van der Waals surface area (Å²) in [5.41, 5.74) is 0. The van der Waals surface area contributed by atoms with Crippen molar-refractivity contribution >= 4 is 21.4 Å². The van der Waals surface area contributed by atoms with E-state index in [9.17, 15) is 8.42 Å². The van der Waals surface area contributed by atoms with E-state index in [1.807, 2.05) is 0 Å². The molecule has 0 atom stereocenters. The molecule has 1 aliphatic heterocycles. The third-order valence-electron chi connectivity index (χ3n) is 1.83. The molecule has 1 rings (SSSR count). The van der Waals surface area contributed by atoms with Crippen LogP contribution in [0.15, 0.2) is 0 Å². The van der Waals surface area contributed by atoms with E-state index in [2.05, 4.69) is 0 Å². The van der Waals surface area contributed by atoms with Crippen molar-refractivity contribution in [3.63, 3.8) is 0 Å². The molecule has 66 valence electrons. The second-order valence-electron chi connectivity index (χ2n) is 2.58. The molecule has 0 aromatic rings. The normalized spacial score (nSPS) is 21.9. The highest BCUT2D eigenvalue weighted by atomic mass is 35.5. The summed E-state index contributed by atoms with van der Waals surface area (Å²) in [5, 5.41) is -0.536. The summed E-state index contributed by atoms with van der Waals surface area (Å²) in [6, 6.07) is 0. The second-order valence-corrected chi connectivity index (χ2v) is 5.45. The van der Waals surface area contributed by atoms with Crippen LogP contribution in [0.1, 0.15) is 12.8 Å². The Morgan fingerprint density at radius 1 is 1.36 bits per heavy atom. The molecule has 5 heteroatoms. The van der Waals surface area contributed by atoms with E-state index < -0.39 is 9.84 Å². The van der Waals surface area contributed by atoms with E-state index in [1.165, 1.54) is 0 Å². The van der Waals surface area contributed by atoms with E-state index in [1.54, 1.807) is 0 Å². The molecule has 1 aliphatic rings. The number of alkyl halides is 1. The number of hydrogen-bond acceptors (Lipinski definition) is 3. The summed E-state index contributed by atoms with van der Waals surface area (Å²) in [6.07, 6.45) is 1.18. The SMILES string of the molecule is O=S(=O)(CCl)C1CCOCC1. The minimum atomic E-state index is -3.04. The summed E-state index contributed by atoms with van der Waals surface area (Å²) in [7, 11) is -3.04. The molecule has 0 amide bonds. The maximum Gasteiger partial charge on any atom is 0.167 e. The summed E-state index contributed by atoms with van der Waals surface area (Å²) < 4.78 is 27.4. The largest absolute Gasteiger partial charge is 0.381 e. The van der Waals surface area contributed by atoms with Gasteiger partial charge in [-0.1, -0.05) is 0 Å². The molecule has 0 aromatic heterocycles. The summed E-state index contributed by atoms with van der Waals surface area (Å²) >= 11 is 5.30. The minimum absolute atomic E-state index is 0.266. The number of ether oxygens (including phenoxy) is 1. The van der Waals surface area contributed by atoms with Crippen molar-refractivity contribution in [3.05, 3.63) is 0 Å².